The molecule has 0 radical (unpaired) electrons. The van der Waals surface area contributed by atoms with Crippen LogP contribution in [0.4, 0.5) is 4.79 Å². The highest BCUT2D eigenvalue weighted by Gasteiger charge is 2.30. The Hall–Kier alpha value is -0.770. The molecule has 0 aromatic heterocycles. The van der Waals surface area contributed by atoms with Crippen LogP contribution in [0, 0.1) is 0 Å². The van der Waals surface area contributed by atoms with Crippen molar-refractivity contribution in [2.75, 3.05) is 6.54 Å². The Kier molecular flexibility index (Phi) is 8.96. The van der Waals surface area contributed by atoms with Crippen LogP contribution in [0.2, 0.25) is 0 Å². The van der Waals surface area contributed by atoms with Crippen molar-refractivity contribution in [3.05, 3.63) is 0 Å². The first-order chi connectivity index (χ1) is 10.9. The van der Waals surface area contributed by atoms with Crippen molar-refractivity contribution >= 4 is 6.03 Å². The van der Waals surface area contributed by atoms with Crippen molar-refractivity contribution in [3.8, 4) is 0 Å². The normalized spacial score (nSPS) is 22.0. The lowest BCUT2D eigenvalue weighted by Gasteiger charge is -2.38. The molecule has 4 nitrogen and oxygen atoms in total. The molecule has 23 heavy (non-hydrogen) atoms. The highest BCUT2D eigenvalue weighted by Crippen LogP contribution is 2.20. The average molecular weight is 327 g/mol. The second-order valence-electron chi connectivity index (χ2n) is 8.00. The molecule has 0 bridgehead atoms. The number of aliphatic hydroxyl groups excluding tert-OH is 1. The standard InChI is InChI=1S/C19H38N2O2/c1-5-6-7-8-9-12-15-21(19(2,3)4)18(23)20-16-13-10-11-14-17(16)22/h16-17,22H,5-15H2,1-4H3,(H,20,23). The van der Waals surface area contributed by atoms with E-state index in [1.807, 2.05) is 4.90 Å². The summed E-state index contributed by atoms with van der Waals surface area (Å²) < 4.78 is 0. The Bertz CT molecular complexity index is 339. The Labute approximate surface area is 143 Å². The van der Waals surface area contributed by atoms with Crippen LogP contribution in [0.3, 0.4) is 0 Å². The van der Waals surface area contributed by atoms with E-state index in [0.29, 0.717) is 0 Å². The van der Waals surface area contributed by atoms with E-state index in [9.17, 15) is 9.90 Å². The zero-order chi connectivity index (χ0) is 17.3. The minimum atomic E-state index is -0.386. The van der Waals surface area contributed by atoms with E-state index in [0.717, 1.165) is 38.6 Å². The number of nitrogens with one attached hydrogen (secondary N) is 1. The van der Waals surface area contributed by atoms with Crippen molar-refractivity contribution in [1.29, 1.82) is 0 Å². The summed E-state index contributed by atoms with van der Waals surface area (Å²) >= 11 is 0. The quantitative estimate of drug-likeness (QED) is 0.647. The molecular formula is C19H38N2O2. The minimum absolute atomic E-state index is 0.0167. The maximum atomic E-state index is 12.7. The number of carbonyl (C=O) groups excluding carboxylic acids is 1. The second-order valence-corrected chi connectivity index (χ2v) is 8.00. The second kappa shape index (κ2) is 10.2. The number of rotatable bonds is 8. The maximum absolute atomic E-state index is 12.7. The first kappa shape index (κ1) is 20.3. The van der Waals surface area contributed by atoms with Crippen LogP contribution in [0.15, 0.2) is 0 Å². The molecular weight excluding hydrogens is 288 g/mol. The molecule has 0 aromatic rings. The number of amides is 2. The topological polar surface area (TPSA) is 52.6 Å². The molecule has 2 atom stereocenters. The molecule has 1 fully saturated rings. The molecule has 2 unspecified atom stereocenters. The summed E-state index contributed by atoms with van der Waals surface area (Å²) in [6.07, 6.45) is 10.8. The first-order valence-electron chi connectivity index (χ1n) is 9.62. The number of hydrogen-bond donors (Lipinski definition) is 2. The molecule has 4 heteroatoms. The van der Waals surface area contributed by atoms with Crippen LogP contribution >= 0.6 is 0 Å². The zero-order valence-electron chi connectivity index (χ0n) is 15.7. The van der Waals surface area contributed by atoms with Crippen molar-refractivity contribution in [3.63, 3.8) is 0 Å². The lowest BCUT2D eigenvalue weighted by atomic mass is 9.92. The highest BCUT2D eigenvalue weighted by atomic mass is 16.3. The summed E-state index contributed by atoms with van der Waals surface area (Å²) in [5, 5.41) is 13.1. The molecule has 1 aliphatic rings. The molecule has 0 spiro atoms. The van der Waals surface area contributed by atoms with Gasteiger partial charge in [0.2, 0.25) is 0 Å². The first-order valence-corrected chi connectivity index (χ1v) is 9.62. The molecule has 2 amide bonds. The molecule has 0 aromatic carbocycles. The predicted molar refractivity (Wildman–Crippen MR) is 96.6 cm³/mol. The largest absolute Gasteiger partial charge is 0.391 e. The Morgan fingerprint density at radius 2 is 1.70 bits per heavy atom. The fourth-order valence-electron chi connectivity index (χ4n) is 3.31. The Morgan fingerprint density at radius 3 is 2.30 bits per heavy atom. The van der Waals surface area contributed by atoms with Crippen LogP contribution in [0.1, 0.15) is 91.9 Å². The van der Waals surface area contributed by atoms with Gasteiger partial charge in [0.05, 0.1) is 12.1 Å². The van der Waals surface area contributed by atoms with Gasteiger partial charge < -0.3 is 15.3 Å². The Morgan fingerprint density at radius 1 is 1.09 bits per heavy atom. The van der Waals surface area contributed by atoms with Crippen LogP contribution in [-0.4, -0.2) is 40.3 Å². The molecule has 0 aliphatic heterocycles. The summed E-state index contributed by atoms with van der Waals surface area (Å²) in [7, 11) is 0. The fraction of sp³-hybridized carbons (Fsp3) is 0.947. The smallest absolute Gasteiger partial charge is 0.318 e. The van der Waals surface area contributed by atoms with Crippen LogP contribution < -0.4 is 5.32 Å². The summed E-state index contributed by atoms with van der Waals surface area (Å²) in [6, 6.07) is -0.0948. The van der Waals surface area contributed by atoms with Gasteiger partial charge in [-0.15, -0.1) is 0 Å². The van der Waals surface area contributed by atoms with E-state index in [-0.39, 0.29) is 23.7 Å². The van der Waals surface area contributed by atoms with Gasteiger partial charge in [-0.1, -0.05) is 51.9 Å². The predicted octanol–water partition coefficient (Wildman–Crippen LogP) is 4.46. The zero-order valence-corrected chi connectivity index (χ0v) is 15.7. The van der Waals surface area contributed by atoms with E-state index >= 15 is 0 Å². The van der Waals surface area contributed by atoms with Crippen LogP contribution in [-0.2, 0) is 0 Å². The lowest BCUT2D eigenvalue weighted by Crippen LogP contribution is -2.55. The maximum Gasteiger partial charge on any atom is 0.318 e. The summed E-state index contributed by atoms with van der Waals surface area (Å²) in [5.41, 5.74) is -0.187. The van der Waals surface area contributed by atoms with Crippen molar-refractivity contribution in [2.45, 2.75) is 110 Å². The van der Waals surface area contributed by atoms with E-state index in [4.69, 9.17) is 0 Å². The Balaban J connectivity index is 2.44. The van der Waals surface area contributed by atoms with E-state index in [1.54, 1.807) is 0 Å². The minimum Gasteiger partial charge on any atom is -0.391 e. The molecule has 1 saturated carbocycles. The number of nitrogens with zero attached hydrogens (tertiary/aromatic N) is 1. The molecule has 136 valence electrons. The van der Waals surface area contributed by atoms with Gasteiger partial charge in [-0.05, 0) is 40.0 Å². The highest BCUT2D eigenvalue weighted by molar-refractivity contribution is 5.75. The number of hydrogen-bond acceptors (Lipinski definition) is 2. The molecule has 1 aliphatic carbocycles. The number of carbonyl (C=O) groups is 1. The summed E-state index contributed by atoms with van der Waals surface area (Å²) in [4.78, 5) is 14.6. The SMILES string of the molecule is CCCCCCCCN(C(=O)NC1CCCCC1O)C(C)(C)C. The van der Waals surface area contributed by atoms with Gasteiger partial charge in [0.1, 0.15) is 0 Å². The molecule has 1 rings (SSSR count). The fourth-order valence-corrected chi connectivity index (χ4v) is 3.31. The van der Waals surface area contributed by atoms with Gasteiger partial charge in [-0.2, -0.15) is 0 Å². The van der Waals surface area contributed by atoms with Gasteiger partial charge >= 0.3 is 6.03 Å². The van der Waals surface area contributed by atoms with Gasteiger partial charge in [0.25, 0.3) is 0 Å². The van der Waals surface area contributed by atoms with Gasteiger partial charge in [-0.25, -0.2) is 4.79 Å². The van der Waals surface area contributed by atoms with Crippen LogP contribution in [0.25, 0.3) is 0 Å². The van der Waals surface area contributed by atoms with Gasteiger partial charge in [-0.3, -0.25) is 0 Å². The molecule has 2 N–H and O–H groups in total. The van der Waals surface area contributed by atoms with Gasteiger partial charge in [0, 0.05) is 12.1 Å². The summed E-state index contributed by atoms with van der Waals surface area (Å²) in [5.74, 6) is 0. The third kappa shape index (κ3) is 7.56. The van der Waals surface area contributed by atoms with Crippen molar-refractivity contribution < 1.29 is 9.90 Å². The van der Waals surface area contributed by atoms with E-state index < -0.39 is 0 Å². The third-order valence-electron chi connectivity index (χ3n) is 4.83. The molecule has 0 heterocycles. The number of aliphatic hydroxyl groups is 1. The number of unbranched alkanes of at least 4 members (excludes halogenated alkanes) is 5. The van der Waals surface area contributed by atoms with Gasteiger partial charge in [0.15, 0.2) is 0 Å². The van der Waals surface area contributed by atoms with Crippen LogP contribution in [0.5, 0.6) is 0 Å². The van der Waals surface area contributed by atoms with E-state index in [2.05, 4.69) is 33.0 Å². The molecule has 0 saturated heterocycles. The van der Waals surface area contributed by atoms with E-state index in [1.165, 1.54) is 32.1 Å². The van der Waals surface area contributed by atoms with Crippen molar-refractivity contribution in [2.24, 2.45) is 0 Å². The average Bonchev–Trinajstić information content (AvgIpc) is 2.47. The lowest BCUT2D eigenvalue weighted by molar-refractivity contribution is 0.0824. The monoisotopic (exact) mass is 326 g/mol. The summed E-state index contributed by atoms with van der Waals surface area (Å²) in [6.45, 7) is 9.28. The third-order valence-corrected chi connectivity index (χ3v) is 4.83. The number of urea groups is 1. The van der Waals surface area contributed by atoms with Crippen molar-refractivity contribution in [1.82, 2.24) is 10.2 Å².